The highest BCUT2D eigenvalue weighted by atomic mass is 16.2. The number of rotatable bonds is 4. The van der Waals surface area contributed by atoms with Gasteiger partial charge in [-0.3, -0.25) is 4.90 Å². The van der Waals surface area contributed by atoms with Crippen LogP contribution in [-0.2, 0) is 12.8 Å². The van der Waals surface area contributed by atoms with Crippen LogP contribution in [0, 0.1) is 0 Å². The minimum Gasteiger partial charge on any atom is -0.337 e. The lowest BCUT2D eigenvalue weighted by Crippen LogP contribution is -2.39. The van der Waals surface area contributed by atoms with Crippen molar-refractivity contribution in [3.63, 3.8) is 0 Å². The van der Waals surface area contributed by atoms with Gasteiger partial charge in [0.25, 0.3) is 0 Å². The van der Waals surface area contributed by atoms with E-state index in [0.29, 0.717) is 6.54 Å². The van der Waals surface area contributed by atoms with Crippen molar-refractivity contribution in [1.29, 1.82) is 0 Å². The monoisotopic (exact) mass is 332 g/mol. The summed E-state index contributed by atoms with van der Waals surface area (Å²) in [7, 11) is 0. The van der Waals surface area contributed by atoms with Crippen molar-refractivity contribution < 1.29 is 4.79 Å². The molecule has 0 radical (unpaired) electrons. The molecule has 0 unspecified atom stereocenters. The maximum atomic E-state index is 12.4. The van der Waals surface area contributed by atoms with Crippen LogP contribution in [0.2, 0.25) is 0 Å². The SMILES string of the molecule is O=C(NCCc1cnn(-c2ccccc2)c1)N1CCc2ccccc21. The Kier molecular flexibility index (Phi) is 4.21. The van der Waals surface area contributed by atoms with E-state index in [1.165, 1.54) is 5.56 Å². The van der Waals surface area contributed by atoms with Crippen LogP contribution in [0.15, 0.2) is 67.0 Å². The molecule has 1 aliphatic rings. The van der Waals surface area contributed by atoms with Gasteiger partial charge in [0.2, 0.25) is 0 Å². The third-order valence-electron chi connectivity index (χ3n) is 4.48. The second-order valence-corrected chi connectivity index (χ2v) is 6.14. The normalized spacial score (nSPS) is 12.9. The summed E-state index contributed by atoms with van der Waals surface area (Å²) in [5.74, 6) is 0. The fourth-order valence-corrected chi connectivity index (χ4v) is 3.17. The number of para-hydroxylation sites is 2. The summed E-state index contributed by atoms with van der Waals surface area (Å²) in [4.78, 5) is 14.2. The number of fused-ring (bicyclic) bond motifs is 1. The number of amides is 2. The second-order valence-electron chi connectivity index (χ2n) is 6.14. The van der Waals surface area contributed by atoms with Crippen LogP contribution in [0.3, 0.4) is 0 Å². The van der Waals surface area contributed by atoms with Gasteiger partial charge < -0.3 is 5.32 Å². The molecule has 3 aromatic rings. The Morgan fingerprint density at radius 1 is 1.08 bits per heavy atom. The molecule has 2 amide bonds. The molecule has 1 aliphatic heterocycles. The van der Waals surface area contributed by atoms with E-state index in [0.717, 1.165) is 36.3 Å². The summed E-state index contributed by atoms with van der Waals surface area (Å²) in [6.07, 6.45) is 5.54. The van der Waals surface area contributed by atoms with Gasteiger partial charge >= 0.3 is 6.03 Å². The fraction of sp³-hybridized carbons (Fsp3) is 0.200. The number of aromatic nitrogens is 2. The molecule has 0 aliphatic carbocycles. The summed E-state index contributed by atoms with van der Waals surface area (Å²) in [6, 6.07) is 18.1. The van der Waals surface area contributed by atoms with Gasteiger partial charge in [-0.15, -0.1) is 0 Å². The average molecular weight is 332 g/mol. The van der Waals surface area contributed by atoms with Crippen LogP contribution < -0.4 is 10.2 Å². The highest BCUT2D eigenvalue weighted by molar-refractivity contribution is 5.94. The van der Waals surface area contributed by atoms with Crippen LogP contribution >= 0.6 is 0 Å². The van der Waals surface area contributed by atoms with Gasteiger partial charge in [0, 0.05) is 25.0 Å². The Morgan fingerprint density at radius 3 is 2.76 bits per heavy atom. The molecule has 0 saturated heterocycles. The topological polar surface area (TPSA) is 50.2 Å². The van der Waals surface area contributed by atoms with Crippen molar-refractivity contribution in [3.8, 4) is 5.69 Å². The first kappa shape index (κ1) is 15.4. The van der Waals surface area contributed by atoms with Crippen LogP contribution in [0.5, 0.6) is 0 Å². The quantitative estimate of drug-likeness (QED) is 0.798. The van der Waals surface area contributed by atoms with Gasteiger partial charge in [0.15, 0.2) is 0 Å². The van der Waals surface area contributed by atoms with E-state index >= 15 is 0 Å². The van der Waals surface area contributed by atoms with Crippen molar-refractivity contribution in [2.75, 3.05) is 18.0 Å². The summed E-state index contributed by atoms with van der Waals surface area (Å²) in [6.45, 7) is 1.34. The van der Waals surface area contributed by atoms with E-state index in [4.69, 9.17) is 0 Å². The Hall–Kier alpha value is -3.08. The van der Waals surface area contributed by atoms with Crippen molar-refractivity contribution in [2.45, 2.75) is 12.8 Å². The van der Waals surface area contributed by atoms with Crippen molar-refractivity contribution >= 4 is 11.7 Å². The smallest absolute Gasteiger partial charge is 0.321 e. The lowest BCUT2D eigenvalue weighted by molar-refractivity contribution is 0.247. The first-order valence-corrected chi connectivity index (χ1v) is 8.53. The lowest BCUT2D eigenvalue weighted by Gasteiger charge is -2.17. The molecule has 0 atom stereocenters. The van der Waals surface area contributed by atoms with E-state index < -0.39 is 0 Å². The van der Waals surface area contributed by atoms with Crippen molar-refractivity contribution in [1.82, 2.24) is 15.1 Å². The number of carbonyl (C=O) groups is 1. The highest BCUT2D eigenvalue weighted by Crippen LogP contribution is 2.27. The predicted octanol–water partition coefficient (Wildman–Crippen LogP) is 3.19. The zero-order valence-corrected chi connectivity index (χ0v) is 13.9. The molecule has 25 heavy (non-hydrogen) atoms. The summed E-state index contributed by atoms with van der Waals surface area (Å²) in [5, 5.41) is 7.40. The van der Waals surface area contributed by atoms with E-state index in [1.807, 2.05) is 70.5 Å². The molecule has 1 N–H and O–H groups in total. The molecule has 4 rings (SSSR count). The number of hydrogen-bond donors (Lipinski definition) is 1. The standard InChI is InChI=1S/C20H20N4O/c25-20(23-13-11-17-6-4-5-9-19(17)23)21-12-10-16-14-22-24(15-16)18-7-2-1-3-8-18/h1-9,14-15H,10-13H2,(H,21,25). The number of hydrogen-bond acceptors (Lipinski definition) is 2. The summed E-state index contributed by atoms with van der Waals surface area (Å²) >= 11 is 0. The molecule has 2 heterocycles. The Morgan fingerprint density at radius 2 is 1.88 bits per heavy atom. The third kappa shape index (κ3) is 3.26. The van der Waals surface area contributed by atoms with Crippen LogP contribution in [0.4, 0.5) is 10.5 Å². The number of carbonyl (C=O) groups excluding carboxylic acids is 1. The maximum Gasteiger partial charge on any atom is 0.321 e. The Labute approximate surface area is 146 Å². The number of nitrogens with one attached hydrogen (secondary N) is 1. The molecule has 0 saturated carbocycles. The van der Waals surface area contributed by atoms with Gasteiger partial charge in [0.1, 0.15) is 0 Å². The fourth-order valence-electron chi connectivity index (χ4n) is 3.17. The number of nitrogens with zero attached hydrogens (tertiary/aromatic N) is 3. The number of benzene rings is 2. The van der Waals surface area contributed by atoms with Gasteiger partial charge in [-0.05, 0) is 42.2 Å². The van der Waals surface area contributed by atoms with Crippen LogP contribution in [0.1, 0.15) is 11.1 Å². The van der Waals surface area contributed by atoms with Gasteiger partial charge in [0.05, 0.1) is 11.9 Å². The highest BCUT2D eigenvalue weighted by Gasteiger charge is 2.23. The van der Waals surface area contributed by atoms with Gasteiger partial charge in [-0.2, -0.15) is 5.10 Å². The predicted molar refractivity (Wildman–Crippen MR) is 98.2 cm³/mol. The zero-order chi connectivity index (χ0) is 17.1. The first-order chi connectivity index (χ1) is 12.3. The van der Waals surface area contributed by atoms with Crippen LogP contribution in [-0.4, -0.2) is 28.9 Å². The van der Waals surface area contributed by atoms with Crippen molar-refractivity contribution in [3.05, 3.63) is 78.1 Å². The van der Waals surface area contributed by atoms with E-state index in [1.54, 1.807) is 0 Å². The average Bonchev–Trinajstić information content (AvgIpc) is 3.29. The Balaban J connectivity index is 1.33. The molecule has 5 nitrogen and oxygen atoms in total. The Bertz CT molecular complexity index is 872. The lowest BCUT2D eigenvalue weighted by atomic mass is 10.2. The molecular weight excluding hydrogens is 312 g/mol. The largest absolute Gasteiger partial charge is 0.337 e. The third-order valence-corrected chi connectivity index (χ3v) is 4.48. The molecule has 0 spiro atoms. The van der Waals surface area contributed by atoms with Crippen molar-refractivity contribution in [2.24, 2.45) is 0 Å². The van der Waals surface area contributed by atoms with E-state index in [9.17, 15) is 4.79 Å². The summed E-state index contributed by atoms with van der Waals surface area (Å²) in [5.41, 5.74) is 4.40. The van der Waals surface area contributed by atoms with Crippen LogP contribution in [0.25, 0.3) is 5.69 Å². The van der Waals surface area contributed by atoms with Gasteiger partial charge in [-0.1, -0.05) is 36.4 Å². The van der Waals surface area contributed by atoms with Gasteiger partial charge in [-0.25, -0.2) is 9.48 Å². The number of anilines is 1. The zero-order valence-electron chi connectivity index (χ0n) is 13.9. The molecular formula is C20H20N4O. The van der Waals surface area contributed by atoms with E-state index in [-0.39, 0.29) is 6.03 Å². The second kappa shape index (κ2) is 6.81. The molecule has 0 bridgehead atoms. The molecule has 2 aromatic carbocycles. The minimum absolute atomic E-state index is 0.0274. The van der Waals surface area contributed by atoms with E-state index in [2.05, 4.69) is 16.5 Å². The maximum absolute atomic E-state index is 12.4. The first-order valence-electron chi connectivity index (χ1n) is 8.53. The molecule has 1 aromatic heterocycles. The molecule has 126 valence electrons. The molecule has 5 heteroatoms. The summed E-state index contributed by atoms with van der Waals surface area (Å²) < 4.78 is 1.86. The number of urea groups is 1. The minimum atomic E-state index is -0.0274. The molecule has 0 fully saturated rings.